The minimum absolute atomic E-state index is 0.0357. The van der Waals surface area contributed by atoms with Crippen molar-refractivity contribution in [3.8, 4) is 5.75 Å². The number of esters is 1. The predicted molar refractivity (Wildman–Crippen MR) is 119 cm³/mol. The van der Waals surface area contributed by atoms with Crippen LogP contribution in [0.25, 0.3) is 0 Å². The van der Waals surface area contributed by atoms with Crippen LogP contribution in [0.15, 0.2) is 48.6 Å². The Balaban J connectivity index is 1.77. The molecule has 1 aliphatic carbocycles. The highest BCUT2D eigenvalue weighted by molar-refractivity contribution is 6.30. The lowest BCUT2D eigenvalue weighted by Crippen LogP contribution is -2.20. The van der Waals surface area contributed by atoms with E-state index >= 15 is 0 Å². The third kappa shape index (κ3) is 9.25. The van der Waals surface area contributed by atoms with Crippen LogP contribution in [-0.4, -0.2) is 47.4 Å². The molecule has 2 N–H and O–H groups in total. The Kier molecular flexibility index (Phi) is 10.8. The van der Waals surface area contributed by atoms with Crippen LogP contribution in [0.4, 0.5) is 0 Å². The highest BCUT2D eigenvalue weighted by atomic mass is 35.5. The minimum Gasteiger partial charge on any atom is -0.491 e. The van der Waals surface area contributed by atoms with Gasteiger partial charge in [-0.15, -0.1) is 0 Å². The summed E-state index contributed by atoms with van der Waals surface area (Å²) in [4.78, 5) is 23.0. The first kappa shape index (κ1) is 25.1. The van der Waals surface area contributed by atoms with Gasteiger partial charge < -0.3 is 19.7 Å². The molecule has 2 rings (SSSR count). The van der Waals surface area contributed by atoms with Crippen LogP contribution < -0.4 is 4.74 Å². The van der Waals surface area contributed by atoms with Crippen molar-refractivity contribution in [2.24, 2.45) is 11.8 Å². The number of benzene rings is 1. The summed E-state index contributed by atoms with van der Waals surface area (Å²) < 4.78 is 10.4. The maximum atomic E-state index is 12.3. The molecular formula is C24H31ClO6. The van der Waals surface area contributed by atoms with E-state index in [9.17, 15) is 19.8 Å². The van der Waals surface area contributed by atoms with Gasteiger partial charge in [0.15, 0.2) is 0 Å². The van der Waals surface area contributed by atoms with E-state index in [4.69, 9.17) is 21.1 Å². The normalized spacial score (nSPS) is 22.3. The third-order valence-electron chi connectivity index (χ3n) is 5.15. The molecule has 7 heteroatoms. The lowest BCUT2D eigenvalue weighted by atomic mass is 9.90. The van der Waals surface area contributed by atoms with Crippen molar-refractivity contribution >= 4 is 23.4 Å². The molecule has 0 radical (unpaired) electrons. The summed E-state index contributed by atoms with van der Waals surface area (Å²) in [6.45, 7) is 1.88. The smallest absolute Gasteiger partial charge is 0.302 e. The molecule has 1 saturated carbocycles. The molecule has 0 unspecified atom stereocenters. The van der Waals surface area contributed by atoms with Crippen molar-refractivity contribution in [3.05, 3.63) is 53.6 Å². The predicted octanol–water partition coefficient (Wildman–Crippen LogP) is 3.88. The molecule has 0 bridgehead atoms. The van der Waals surface area contributed by atoms with Gasteiger partial charge in [0, 0.05) is 30.2 Å². The number of rotatable bonds is 12. The number of hydrogen-bond donors (Lipinski definition) is 2. The van der Waals surface area contributed by atoms with Crippen molar-refractivity contribution in [3.63, 3.8) is 0 Å². The molecule has 170 valence electrons. The fourth-order valence-corrected chi connectivity index (χ4v) is 3.62. The highest BCUT2D eigenvalue weighted by Gasteiger charge is 2.39. The summed E-state index contributed by atoms with van der Waals surface area (Å²) in [5.41, 5.74) is 0. The van der Waals surface area contributed by atoms with Gasteiger partial charge in [-0.1, -0.05) is 35.9 Å². The van der Waals surface area contributed by atoms with Gasteiger partial charge in [0.05, 0.1) is 12.7 Å². The molecule has 0 saturated heterocycles. The average molecular weight is 451 g/mol. The lowest BCUT2D eigenvalue weighted by molar-refractivity contribution is -0.141. The van der Waals surface area contributed by atoms with Gasteiger partial charge in [-0.05, 0) is 49.9 Å². The minimum atomic E-state index is -0.855. The zero-order valence-electron chi connectivity index (χ0n) is 17.8. The lowest BCUT2D eigenvalue weighted by Gasteiger charge is -2.17. The summed E-state index contributed by atoms with van der Waals surface area (Å²) >= 11 is 5.83. The molecule has 1 fully saturated rings. The Morgan fingerprint density at radius 2 is 2.00 bits per heavy atom. The molecule has 0 heterocycles. The second-order valence-electron chi connectivity index (χ2n) is 7.68. The first-order valence-electron chi connectivity index (χ1n) is 10.6. The molecular weight excluding hydrogens is 420 g/mol. The van der Waals surface area contributed by atoms with Gasteiger partial charge in [0.2, 0.25) is 0 Å². The molecule has 4 atom stereocenters. The topological polar surface area (TPSA) is 93.1 Å². The van der Waals surface area contributed by atoms with Crippen LogP contribution in [0, 0.1) is 11.8 Å². The monoisotopic (exact) mass is 450 g/mol. The van der Waals surface area contributed by atoms with Gasteiger partial charge in [-0.2, -0.15) is 0 Å². The van der Waals surface area contributed by atoms with Crippen LogP contribution in [-0.2, 0) is 14.3 Å². The molecule has 31 heavy (non-hydrogen) atoms. The molecule has 1 aromatic carbocycles. The number of carbonyl (C=O) groups excluding carboxylic acids is 2. The Morgan fingerprint density at radius 3 is 2.71 bits per heavy atom. The fourth-order valence-electron chi connectivity index (χ4n) is 3.49. The quantitative estimate of drug-likeness (QED) is 0.285. The molecule has 0 amide bonds. The first-order chi connectivity index (χ1) is 14.9. The number of halogens is 1. The number of allylic oxidation sites excluding steroid dienone is 2. The van der Waals surface area contributed by atoms with Gasteiger partial charge in [-0.3, -0.25) is 9.59 Å². The molecule has 1 aromatic rings. The largest absolute Gasteiger partial charge is 0.491 e. The number of aliphatic hydroxyl groups is 2. The van der Waals surface area contributed by atoms with Crippen LogP contribution in [0.5, 0.6) is 5.75 Å². The highest BCUT2D eigenvalue weighted by Crippen LogP contribution is 2.33. The number of aliphatic hydroxyl groups excluding tert-OH is 2. The Bertz CT molecular complexity index is 758. The summed E-state index contributed by atoms with van der Waals surface area (Å²) in [7, 11) is 0. The Morgan fingerprint density at radius 1 is 1.26 bits per heavy atom. The van der Waals surface area contributed by atoms with Gasteiger partial charge in [-0.25, -0.2) is 0 Å². The Labute approximate surface area is 188 Å². The van der Waals surface area contributed by atoms with Crippen LogP contribution in [0.1, 0.15) is 39.0 Å². The standard InChI is InChI=1S/C24H31ClO6/c1-17(26)30-14-6-4-2-3-5-7-21-22(24(29)15-23(21)28)13-10-19(27)16-31-20-11-8-18(25)9-12-20/h3,5,8-13,19,21-22,24,27,29H,2,4,6-7,14-16H2,1H3/t19-,21-,22-,24-/m1/s1. The van der Waals surface area contributed by atoms with Crippen molar-refractivity contribution in [2.75, 3.05) is 13.2 Å². The summed E-state index contributed by atoms with van der Waals surface area (Å²) in [5.74, 6) is -0.258. The SMILES string of the molecule is CC(=O)OCCCCC=CC[C@H]1C(=O)C[C@@H](O)[C@@H]1C=C[C@@H](O)COc1ccc(Cl)cc1. The van der Waals surface area contributed by atoms with Crippen molar-refractivity contribution in [1.82, 2.24) is 0 Å². The second kappa shape index (κ2) is 13.3. The van der Waals surface area contributed by atoms with Gasteiger partial charge >= 0.3 is 5.97 Å². The van der Waals surface area contributed by atoms with E-state index in [2.05, 4.69) is 0 Å². The first-order valence-corrected chi connectivity index (χ1v) is 11.0. The van der Waals surface area contributed by atoms with Crippen LogP contribution >= 0.6 is 11.6 Å². The number of ketones is 1. The molecule has 0 spiro atoms. The molecule has 0 aliphatic heterocycles. The Hall–Kier alpha value is -2.15. The van der Waals surface area contributed by atoms with Crippen molar-refractivity contribution in [2.45, 2.75) is 51.2 Å². The number of hydrogen-bond acceptors (Lipinski definition) is 6. The van der Waals surface area contributed by atoms with Crippen molar-refractivity contribution in [1.29, 1.82) is 0 Å². The summed E-state index contributed by atoms with van der Waals surface area (Å²) in [5, 5.41) is 21.0. The maximum absolute atomic E-state index is 12.3. The van der Waals surface area contributed by atoms with E-state index < -0.39 is 12.2 Å². The number of unbranched alkanes of at least 4 members (excludes halogenated alkanes) is 2. The zero-order chi connectivity index (χ0) is 22.6. The van der Waals surface area contributed by atoms with Gasteiger partial charge in [0.25, 0.3) is 0 Å². The van der Waals surface area contributed by atoms with E-state index in [1.54, 1.807) is 36.4 Å². The number of carbonyl (C=O) groups is 2. The molecule has 0 aromatic heterocycles. The van der Waals surface area contributed by atoms with Crippen LogP contribution in [0.2, 0.25) is 5.02 Å². The van der Waals surface area contributed by atoms with E-state index in [0.717, 1.165) is 19.3 Å². The van der Waals surface area contributed by atoms with E-state index in [0.29, 0.717) is 23.8 Å². The summed E-state index contributed by atoms with van der Waals surface area (Å²) in [6.07, 6.45) is 8.90. The molecule has 1 aliphatic rings. The maximum Gasteiger partial charge on any atom is 0.302 e. The van der Waals surface area contributed by atoms with Crippen LogP contribution in [0.3, 0.4) is 0 Å². The average Bonchev–Trinajstić information content (AvgIpc) is 3.00. The number of ether oxygens (including phenoxy) is 2. The van der Waals surface area contributed by atoms with E-state index in [1.807, 2.05) is 12.2 Å². The fraction of sp³-hybridized carbons (Fsp3) is 0.500. The van der Waals surface area contributed by atoms with Crippen molar-refractivity contribution < 1.29 is 29.3 Å². The summed E-state index contributed by atoms with van der Waals surface area (Å²) in [6, 6.07) is 6.85. The second-order valence-corrected chi connectivity index (χ2v) is 8.12. The number of Topliss-reactive ketones (excluding diaryl/α,β-unsaturated/α-hetero) is 1. The zero-order valence-corrected chi connectivity index (χ0v) is 18.5. The van der Waals surface area contributed by atoms with E-state index in [-0.39, 0.29) is 36.6 Å². The third-order valence-corrected chi connectivity index (χ3v) is 5.40. The van der Waals surface area contributed by atoms with E-state index in [1.165, 1.54) is 6.92 Å². The van der Waals surface area contributed by atoms with Gasteiger partial charge in [0.1, 0.15) is 24.2 Å². The molecule has 6 nitrogen and oxygen atoms in total.